The van der Waals surface area contributed by atoms with E-state index in [9.17, 15) is 18.0 Å². The summed E-state index contributed by atoms with van der Waals surface area (Å²) in [5.41, 5.74) is 0. The lowest BCUT2D eigenvalue weighted by Gasteiger charge is -2.35. The summed E-state index contributed by atoms with van der Waals surface area (Å²) in [7, 11) is -3.95. The molecule has 1 amide bonds. The second-order valence-electron chi connectivity index (χ2n) is 7.79. The van der Waals surface area contributed by atoms with E-state index in [1.165, 1.54) is 12.1 Å². The molecule has 1 saturated heterocycles. The first-order chi connectivity index (χ1) is 13.7. The number of carbonyl (C=O) groups is 2. The van der Waals surface area contributed by atoms with Gasteiger partial charge in [-0.1, -0.05) is 28.8 Å². The molecule has 2 aliphatic rings. The van der Waals surface area contributed by atoms with E-state index in [4.69, 9.17) is 9.47 Å². The van der Waals surface area contributed by atoms with Crippen molar-refractivity contribution < 1.29 is 27.5 Å². The van der Waals surface area contributed by atoms with Crippen molar-refractivity contribution in [1.29, 1.82) is 0 Å². The molecular weight excluding hydrogens is 462 g/mol. The van der Waals surface area contributed by atoms with Crippen molar-refractivity contribution >= 4 is 37.6 Å². The summed E-state index contributed by atoms with van der Waals surface area (Å²) < 4.78 is 36.6. The molecule has 0 unspecified atom stereocenters. The second kappa shape index (κ2) is 8.73. The lowest BCUT2D eigenvalue weighted by molar-refractivity contribution is -0.158. The molecule has 0 spiro atoms. The van der Waals surface area contributed by atoms with E-state index in [-0.39, 0.29) is 35.9 Å². The Morgan fingerprint density at radius 2 is 1.69 bits per heavy atom. The predicted octanol–water partition coefficient (Wildman–Crippen LogP) is 2.71. The van der Waals surface area contributed by atoms with Gasteiger partial charge in [0.15, 0.2) is 21.2 Å². The number of hydrogen-bond donors (Lipinski definition) is 0. The third-order valence-electron chi connectivity index (χ3n) is 5.52. The van der Waals surface area contributed by atoms with Crippen LogP contribution in [0.15, 0.2) is 33.6 Å². The summed E-state index contributed by atoms with van der Waals surface area (Å²) in [5.74, 6) is -1.17. The quantitative estimate of drug-likeness (QED) is 0.593. The van der Waals surface area contributed by atoms with Gasteiger partial charge in [0, 0.05) is 17.6 Å². The van der Waals surface area contributed by atoms with Crippen molar-refractivity contribution in [3.8, 4) is 0 Å². The van der Waals surface area contributed by atoms with Crippen molar-refractivity contribution in [3.63, 3.8) is 0 Å². The Labute approximate surface area is 179 Å². The van der Waals surface area contributed by atoms with Crippen LogP contribution in [0, 0.1) is 0 Å². The first kappa shape index (κ1) is 22.2. The number of esters is 1. The average molecular weight is 488 g/mol. The molecule has 1 aromatic rings. The Morgan fingerprint density at radius 3 is 2.24 bits per heavy atom. The third-order valence-corrected chi connectivity index (χ3v) is 8.55. The number of carbonyl (C=O) groups excluding carboxylic acids is 2. The highest BCUT2D eigenvalue weighted by molar-refractivity contribution is 9.10. The fourth-order valence-corrected chi connectivity index (χ4v) is 6.41. The van der Waals surface area contributed by atoms with Gasteiger partial charge in [-0.15, -0.1) is 0 Å². The summed E-state index contributed by atoms with van der Waals surface area (Å²) >= 11 is 3.29. The molecule has 3 rings (SSSR count). The van der Waals surface area contributed by atoms with Gasteiger partial charge in [0.1, 0.15) is 0 Å². The summed E-state index contributed by atoms with van der Waals surface area (Å²) in [6, 6.07) is 6.22. The lowest BCUT2D eigenvalue weighted by Crippen LogP contribution is -2.50. The lowest BCUT2D eigenvalue weighted by atomic mass is 10.1. The Kier molecular flexibility index (Phi) is 6.70. The van der Waals surface area contributed by atoms with E-state index in [0.717, 1.165) is 4.47 Å². The van der Waals surface area contributed by atoms with Crippen molar-refractivity contribution in [2.75, 3.05) is 19.7 Å². The number of sulfone groups is 1. The molecule has 1 aliphatic heterocycles. The van der Waals surface area contributed by atoms with Crippen LogP contribution in [0.2, 0.25) is 0 Å². The van der Waals surface area contributed by atoms with E-state index in [0.29, 0.717) is 25.9 Å². The minimum absolute atomic E-state index is 0.0849. The number of halogens is 1. The first-order valence-corrected chi connectivity index (χ1v) is 12.0. The molecule has 1 aromatic carbocycles. The van der Waals surface area contributed by atoms with Crippen LogP contribution < -0.4 is 0 Å². The normalized spacial score (nSPS) is 24.3. The average Bonchev–Trinajstić information content (AvgIpc) is 3.17. The van der Waals surface area contributed by atoms with Crippen molar-refractivity contribution in [3.05, 3.63) is 28.7 Å². The fourth-order valence-electron chi connectivity index (χ4n) is 4.10. The zero-order valence-corrected chi connectivity index (χ0v) is 19.0. The number of hydrogen-bond acceptors (Lipinski definition) is 6. The monoisotopic (exact) mass is 487 g/mol. The van der Waals surface area contributed by atoms with Crippen LogP contribution in [-0.4, -0.2) is 61.8 Å². The van der Waals surface area contributed by atoms with Crippen LogP contribution >= 0.6 is 15.9 Å². The molecule has 1 saturated carbocycles. The van der Waals surface area contributed by atoms with Gasteiger partial charge in [0.25, 0.3) is 5.91 Å². The van der Waals surface area contributed by atoms with Gasteiger partial charge in [-0.3, -0.25) is 9.59 Å². The molecule has 1 aliphatic carbocycles. The number of morpholine rings is 1. The zero-order valence-electron chi connectivity index (χ0n) is 16.6. The van der Waals surface area contributed by atoms with E-state index in [1.807, 2.05) is 13.8 Å². The van der Waals surface area contributed by atoms with Crippen molar-refractivity contribution in [2.45, 2.75) is 61.4 Å². The highest BCUT2D eigenvalue weighted by Crippen LogP contribution is 2.41. The first-order valence-electron chi connectivity index (χ1n) is 9.76. The third kappa shape index (κ3) is 4.51. The van der Waals surface area contributed by atoms with Gasteiger partial charge in [-0.2, -0.15) is 0 Å². The van der Waals surface area contributed by atoms with Crippen LogP contribution in [0.1, 0.15) is 39.5 Å². The molecule has 29 heavy (non-hydrogen) atoms. The molecule has 2 fully saturated rings. The van der Waals surface area contributed by atoms with Crippen molar-refractivity contribution in [1.82, 2.24) is 4.90 Å². The Bertz CT molecular complexity index is 853. The second-order valence-corrected chi connectivity index (χ2v) is 11.0. The number of rotatable bonds is 5. The molecular formula is C20H26BrNO6S. The topological polar surface area (TPSA) is 90.0 Å². The summed E-state index contributed by atoms with van der Waals surface area (Å²) in [6.45, 7) is 4.13. The van der Waals surface area contributed by atoms with Crippen LogP contribution in [0.4, 0.5) is 0 Å². The minimum atomic E-state index is -3.95. The predicted molar refractivity (Wildman–Crippen MR) is 110 cm³/mol. The maximum atomic E-state index is 13.3. The maximum absolute atomic E-state index is 13.3. The molecule has 0 radical (unpaired) electrons. The molecule has 2 atom stereocenters. The molecule has 0 aromatic heterocycles. The standard InChI is InChI=1S/C20H26BrNO6S/c1-14-11-22(12-15(2)28-14)18(23)13-27-19(24)20(9-3-4-10-20)29(25,26)17-7-5-16(21)6-8-17/h5-8,14-15H,3-4,9-13H2,1-2H3/t14-,15-/m1/s1. The molecule has 0 N–H and O–H groups in total. The maximum Gasteiger partial charge on any atom is 0.328 e. The highest BCUT2D eigenvalue weighted by Gasteiger charge is 2.54. The van der Waals surface area contributed by atoms with Gasteiger partial charge >= 0.3 is 5.97 Å². The van der Waals surface area contributed by atoms with Crippen LogP contribution in [-0.2, 0) is 28.9 Å². The zero-order chi connectivity index (χ0) is 21.2. The smallest absolute Gasteiger partial charge is 0.328 e. The Morgan fingerprint density at radius 1 is 1.14 bits per heavy atom. The molecule has 9 heteroatoms. The van der Waals surface area contributed by atoms with E-state index < -0.39 is 27.2 Å². The molecule has 160 valence electrons. The van der Waals surface area contributed by atoms with Gasteiger partial charge in [-0.25, -0.2) is 8.42 Å². The molecule has 7 nitrogen and oxygen atoms in total. The van der Waals surface area contributed by atoms with Crippen LogP contribution in [0.5, 0.6) is 0 Å². The van der Waals surface area contributed by atoms with Gasteiger partial charge in [0.05, 0.1) is 17.1 Å². The minimum Gasteiger partial charge on any atom is -0.454 e. The molecule has 0 bridgehead atoms. The number of ether oxygens (including phenoxy) is 2. The molecule has 1 heterocycles. The number of benzene rings is 1. The SMILES string of the molecule is C[C@@H]1CN(C(=O)COC(=O)C2(S(=O)(=O)c3ccc(Br)cc3)CCCC2)C[C@@H](C)O1. The van der Waals surface area contributed by atoms with E-state index >= 15 is 0 Å². The van der Waals surface area contributed by atoms with Crippen LogP contribution in [0.25, 0.3) is 0 Å². The number of amides is 1. The van der Waals surface area contributed by atoms with E-state index in [1.54, 1.807) is 17.0 Å². The van der Waals surface area contributed by atoms with Gasteiger partial charge in [0.2, 0.25) is 0 Å². The van der Waals surface area contributed by atoms with Gasteiger partial charge in [-0.05, 0) is 51.0 Å². The van der Waals surface area contributed by atoms with Crippen molar-refractivity contribution in [2.24, 2.45) is 0 Å². The van der Waals surface area contributed by atoms with E-state index in [2.05, 4.69) is 15.9 Å². The van der Waals surface area contributed by atoms with Crippen LogP contribution in [0.3, 0.4) is 0 Å². The fraction of sp³-hybridized carbons (Fsp3) is 0.600. The highest BCUT2D eigenvalue weighted by atomic mass is 79.9. The van der Waals surface area contributed by atoms with Gasteiger partial charge < -0.3 is 14.4 Å². The summed E-state index contributed by atoms with van der Waals surface area (Å²) in [6.07, 6.45) is 1.44. The largest absolute Gasteiger partial charge is 0.454 e. The summed E-state index contributed by atoms with van der Waals surface area (Å²) in [5, 5.41) is 0. The summed E-state index contributed by atoms with van der Waals surface area (Å²) in [4.78, 5) is 27.2. The Balaban J connectivity index is 1.74. The number of nitrogens with zero attached hydrogens (tertiary/aromatic N) is 1. The Hall–Kier alpha value is -1.45.